The van der Waals surface area contributed by atoms with E-state index < -0.39 is 24.1 Å². The highest BCUT2D eigenvalue weighted by atomic mass is 19.3. The van der Waals surface area contributed by atoms with Crippen molar-refractivity contribution in [1.82, 2.24) is 24.6 Å². The van der Waals surface area contributed by atoms with Gasteiger partial charge in [0.25, 0.3) is 5.92 Å². The number of nitrogens with zero attached hydrogens (tertiary/aromatic N) is 4. The number of carbonyl (C=O) groups excluding carboxylic acids is 2. The number of nitrogens with one attached hydrogen (secondary N) is 3. The number of quaternary nitrogens is 1. The second-order valence-corrected chi connectivity index (χ2v) is 11.4. The Bertz CT molecular complexity index is 1470. The van der Waals surface area contributed by atoms with Crippen LogP contribution in [0.5, 0.6) is 0 Å². The molecule has 0 bridgehead atoms. The van der Waals surface area contributed by atoms with Gasteiger partial charge in [-0.3, -0.25) is 9.38 Å². The first-order valence-electron chi connectivity index (χ1n) is 13.7. The van der Waals surface area contributed by atoms with Gasteiger partial charge < -0.3 is 31.0 Å². The fourth-order valence-corrected chi connectivity index (χ4v) is 4.50. The molecule has 5 N–H and O–H groups in total. The lowest BCUT2D eigenvalue weighted by Crippen LogP contribution is -2.86. The Morgan fingerprint density at radius 2 is 1.90 bits per heavy atom. The van der Waals surface area contributed by atoms with Crippen molar-refractivity contribution in [3.63, 3.8) is 0 Å². The minimum atomic E-state index is -3.02. The number of imidazole rings is 1. The monoisotopic (exact) mass is 583 g/mol. The minimum absolute atomic E-state index is 0.285. The van der Waals surface area contributed by atoms with Crippen LogP contribution in [-0.4, -0.2) is 74.8 Å². The van der Waals surface area contributed by atoms with Crippen LogP contribution in [-0.2, 0) is 4.74 Å². The van der Waals surface area contributed by atoms with Gasteiger partial charge in [0.15, 0.2) is 0 Å². The summed E-state index contributed by atoms with van der Waals surface area (Å²) in [5, 5.41) is 14.7. The standard InChI is InChI=1S/C29H36F2N8O3/c1-28(2,3)42-27(41)38-8-6-22(7-9-38)34-15-21(13-32)19-5-10-39-24(17-35-25(39)12-19)20-11-23(16-33-14-20)37-26(40)36-18-29(4,30)31/h5,10-17,22,32,34H,6-9,18H2,1-4H3,(H2,36,37,40)/p+1/b21-15+,32-13?. The number of urea groups is 1. The molecule has 4 heterocycles. The molecule has 0 saturated carbocycles. The molecule has 1 aliphatic rings. The SMILES string of the molecule is CC(F)(F)CNC(=O)Nc1cncc(-c2cnc3cc(/C(C=N)=C/[NH2+]C4CCN(C(=O)OC(C)(C)C)CC4)ccn23)c1. The van der Waals surface area contributed by atoms with Crippen molar-refractivity contribution in [1.29, 1.82) is 5.41 Å². The van der Waals surface area contributed by atoms with E-state index in [-0.39, 0.29) is 12.1 Å². The molecular formula is C29H37F2N8O3+. The van der Waals surface area contributed by atoms with Crippen molar-refractivity contribution in [2.24, 2.45) is 0 Å². The summed E-state index contributed by atoms with van der Waals surface area (Å²) in [6, 6.07) is 4.98. The summed E-state index contributed by atoms with van der Waals surface area (Å²) in [4.78, 5) is 34.7. The maximum atomic E-state index is 13.0. The molecule has 0 radical (unpaired) electrons. The lowest BCUT2D eigenvalue weighted by Gasteiger charge is -2.32. The molecule has 1 aliphatic heterocycles. The quantitative estimate of drug-likeness (QED) is 0.295. The molecule has 1 saturated heterocycles. The molecule has 1 fully saturated rings. The van der Waals surface area contributed by atoms with Crippen LogP contribution in [0.3, 0.4) is 0 Å². The number of likely N-dealkylation sites (tertiary alicyclic amines) is 1. The van der Waals surface area contributed by atoms with E-state index in [0.29, 0.717) is 30.0 Å². The number of piperidine rings is 1. The molecule has 3 aromatic rings. The van der Waals surface area contributed by atoms with E-state index in [1.807, 2.05) is 49.7 Å². The van der Waals surface area contributed by atoms with Gasteiger partial charge in [0.05, 0.1) is 41.9 Å². The molecule has 11 nitrogen and oxygen atoms in total. The van der Waals surface area contributed by atoms with Crippen LogP contribution < -0.4 is 16.0 Å². The molecule has 3 aromatic heterocycles. The van der Waals surface area contributed by atoms with Crippen LogP contribution in [0.25, 0.3) is 22.5 Å². The van der Waals surface area contributed by atoms with Crippen LogP contribution in [0.4, 0.5) is 24.1 Å². The summed E-state index contributed by atoms with van der Waals surface area (Å²) >= 11 is 0. The Labute approximate surface area is 242 Å². The fourth-order valence-electron chi connectivity index (χ4n) is 4.50. The van der Waals surface area contributed by atoms with Gasteiger partial charge in [-0.05, 0) is 44.5 Å². The lowest BCUT2D eigenvalue weighted by atomic mass is 10.0. The molecule has 42 heavy (non-hydrogen) atoms. The van der Waals surface area contributed by atoms with Crippen molar-refractivity contribution < 1.29 is 28.4 Å². The number of aromatic nitrogens is 3. The number of pyridine rings is 2. The third-order valence-corrected chi connectivity index (χ3v) is 6.59. The van der Waals surface area contributed by atoms with E-state index in [9.17, 15) is 18.4 Å². The lowest BCUT2D eigenvalue weighted by molar-refractivity contribution is -0.628. The number of ether oxygens (including phenoxy) is 1. The number of allylic oxidation sites excluding steroid dienone is 1. The maximum absolute atomic E-state index is 13.0. The summed E-state index contributed by atoms with van der Waals surface area (Å²) in [6.45, 7) is 6.76. The smallest absolute Gasteiger partial charge is 0.410 e. The topological polar surface area (TPSA) is 141 Å². The van der Waals surface area contributed by atoms with Gasteiger partial charge in [0, 0.05) is 57.0 Å². The molecule has 4 rings (SSSR count). The summed E-state index contributed by atoms with van der Waals surface area (Å²) in [5.41, 5.74) is 3.43. The summed E-state index contributed by atoms with van der Waals surface area (Å²) in [6.07, 6.45) is 11.2. The molecule has 0 unspecified atom stereocenters. The molecule has 0 atom stereocenters. The van der Waals surface area contributed by atoms with Crippen molar-refractivity contribution in [3.05, 3.63) is 54.7 Å². The number of alkyl halides is 2. The molecular weight excluding hydrogens is 546 g/mol. The fraction of sp³-hybridized carbons (Fsp3) is 0.414. The van der Waals surface area contributed by atoms with Crippen LogP contribution in [0, 0.1) is 5.41 Å². The third-order valence-electron chi connectivity index (χ3n) is 6.59. The second kappa shape index (κ2) is 12.6. The largest absolute Gasteiger partial charge is 0.444 e. The number of halogens is 2. The maximum Gasteiger partial charge on any atom is 0.410 e. The van der Waals surface area contributed by atoms with Crippen LogP contribution in [0.2, 0.25) is 0 Å². The van der Waals surface area contributed by atoms with Gasteiger partial charge in [-0.1, -0.05) is 0 Å². The Hall–Kier alpha value is -4.39. The number of nitrogens with two attached hydrogens (primary N) is 1. The zero-order valence-corrected chi connectivity index (χ0v) is 24.2. The third kappa shape index (κ3) is 8.32. The summed E-state index contributed by atoms with van der Waals surface area (Å²) in [5.74, 6) is -3.02. The molecule has 224 valence electrons. The Balaban J connectivity index is 1.41. The van der Waals surface area contributed by atoms with Crippen molar-refractivity contribution in [2.75, 3.05) is 25.0 Å². The first-order chi connectivity index (χ1) is 19.8. The predicted octanol–water partition coefficient (Wildman–Crippen LogP) is 4.13. The Kier molecular flexibility index (Phi) is 9.20. The average molecular weight is 584 g/mol. The number of carbonyl (C=O) groups is 2. The zero-order chi connectivity index (χ0) is 30.5. The first kappa shape index (κ1) is 30.6. The van der Waals surface area contributed by atoms with Crippen molar-refractivity contribution >= 4 is 35.2 Å². The van der Waals surface area contributed by atoms with Crippen molar-refractivity contribution in [2.45, 2.75) is 58.1 Å². The number of anilines is 1. The van der Waals surface area contributed by atoms with Crippen molar-refractivity contribution in [3.8, 4) is 11.3 Å². The van der Waals surface area contributed by atoms with E-state index in [1.165, 1.54) is 12.4 Å². The highest BCUT2D eigenvalue weighted by molar-refractivity contribution is 6.08. The van der Waals surface area contributed by atoms with E-state index in [0.717, 1.165) is 36.6 Å². The number of fused-ring (bicyclic) bond motifs is 1. The van der Waals surface area contributed by atoms with E-state index in [1.54, 1.807) is 23.4 Å². The van der Waals surface area contributed by atoms with Gasteiger partial charge in [-0.15, -0.1) is 0 Å². The zero-order valence-electron chi connectivity index (χ0n) is 24.2. The average Bonchev–Trinajstić information content (AvgIpc) is 3.35. The van der Waals surface area contributed by atoms with E-state index in [2.05, 4.69) is 25.9 Å². The number of hydrogen-bond acceptors (Lipinski definition) is 6. The van der Waals surface area contributed by atoms with Crippen LogP contribution in [0.15, 0.2) is 49.2 Å². The highest BCUT2D eigenvalue weighted by Crippen LogP contribution is 2.24. The van der Waals surface area contributed by atoms with Gasteiger partial charge in [-0.2, -0.15) is 0 Å². The van der Waals surface area contributed by atoms with Crippen LogP contribution >= 0.6 is 0 Å². The molecule has 0 aliphatic carbocycles. The summed E-state index contributed by atoms with van der Waals surface area (Å²) in [7, 11) is 0. The van der Waals surface area contributed by atoms with Crippen LogP contribution in [0.1, 0.15) is 46.1 Å². The molecule has 0 spiro atoms. The van der Waals surface area contributed by atoms with Gasteiger partial charge >= 0.3 is 12.1 Å². The van der Waals surface area contributed by atoms with Gasteiger partial charge in [0.2, 0.25) is 0 Å². The Morgan fingerprint density at radius 1 is 1.17 bits per heavy atom. The predicted molar refractivity (Wildman–Crippen MR) is 156 cm³/mol. The molecule has 3 amide bonds. The van der Waals surface area contributed by atoms with E-state index >= 15 is 0 Å². The Morgan fingerprint density at radius 3 is 2.57 bits per heavy atom. The highest BCUT2D eigenvalue weighted by Gasteiger charge is 2.28. The number of amides is 3. The van der Waals surface area contributed by atoms with Gasteiger partial charge in [0.1, 0.15) is 17.4 Å². The first-order valence-corrected chi connectivity index (χ1v) is 13.7. The number of rotatable bonds is 8. The summed E-state index contributed by atoms with van der Waals surface area (Å²) < 4.78 is 33.4. The molecule has 13 heteroatoms. The second-order valence-electron chi connectivity index (χ2n) is 11.4. The normalized spacial score (nSPS) is 15.0. The van der Waals surface area contributed by atoms with E-state index in [4.69, 9.17) is 10.1 Å². The number of hydrogen-bond donors (Lipinski definition) is 4. The van der Waals surface area contributed by atoms with Gasteiger partial charge in [-0.25, -0.2) is 23.4 Å². The minimum Gasteiger partial charge on any atom is -0.444 e. The molecule has 0 aromatic carbocycles.